The van der Waals surface area contributed by atoms with Crippen molar-refractivity contribution in [1.82, 2.24) is 10.3 Å². The molecule has 0 saturated carbocycles. The number of carbonyl (C=O) groups is 1. The predicted octanol–water partition coefficient (Wildman–Crippen LogP) is 0.928. The average molecular weight is 468 g/mol. The van der Waals surface area contributed by atoms with E-state index in [9.17, 15) is 20.1 Å². The predicted molar refractivity (Wildman–Crippen MR) is 116 cm³/mol. The lowest BCUT2D eigenvalue weighted by Gasteiger charge is -2.12. The first-order valence-corrected chi connectivity index (χ1v) is 10.2. The monoisotopic (exact) mass is 468 g/mol. The molecule has 0 bridgehead atoms. The Hall–Kier alpha value is -4.49. The second-order valence-corrected chi connectivity index (χ2v) is 7.41. The molecule has 0 radical (unpaired) electrons. The zero-order valence-electron chi connectivity index (χ0n) is 17.8. The summed E-state index contributed by atoms with van der Waals surface area (Å²) in [6, 6.07) is 8.73. The summed E-state index contributed by atoms with van der Waals surface area (Å²) in [6.45, 7) is 0. The topological polar surface area (TPSA) is 184 Å². The zero-order valence-corrected chi connectivity index (χ0v) is 18.6. The number of aromatic amines is 1. The van der Waals surface area contributed by atoms with Gasteiger partial charge in [-0.3, -0.25) is 9.32 Å². The number of anilines is 2. The molecule has 1 amide bonds. The number of methoxy groups -OCH3 is 2. The van der Waals surface area contributed by atoms with Crippen LogP contribution in [0.2, 0.25) is 0 Å². The minimum atomic E-state index is -0.795. The largest absolute Gasteiger partial charge is 0.497 e. The van der Waals surface area contributed by atoms with Gasteiger partial charge < -0.3 is 20.5 Å². The number of nitrogens with zero attached hydrogens (tertiary/aromatic N) is 4. The molecule has 168 valence electrons. The van der Waals surface area contributed by atoms with Crippen molar-refractivity contribution >= 4 is 29.2 Å². The van der Waals surface area contributed by atoms with Crippen molar-refractivity contribution in [3.05, 3.63) is 39.7 Å². The van der Waals surface area contributed by atoms with Crippen LogP contribution in [0.4, 0.5) is 11.5 Å². The van der Waals surface area contributed by atoms with Gasteiger partial charge in [-0.1, -0.05) is 16.4 Å². The number of carbonyl (C=O) groups excluding carboxylic acids is 1. The Morgan fingerprint density at radius 2 is 2.03 bits per heavy atom. The highest BCUT2D eigenvalue weighted by atomic mass is 32.2. The molecule has 0 aliphatic rings. The summed E-state index contributed by atoms with van der Waals surface area (Å²) in [7, 11) is 4.45. The van der Waals surface area contributed by atoms with Gasteiger partial charge in [0.25, 0.3) is 0 Å². The number of rotatable bonds is 7. The van der Waals surface area contributed by atoms with Crippen molar-refractivity contribution in [2.75, 3.05) is 31.0 Å². The van der Waals surface area contributed by atoms with Gasteiger partial charge >= 0.3 is 11.3 Å². The minimum Gasteiger partial charge on any atom is -0.497 e. The van der Waals surface area contributed by atoms with Crippen molar-refractivity contribution in [3.63, 3.8) is 0 Å². The van der Waals surface area contributed by atoms with E-state index in [1.807, 2.05) is 12.1 Å². The molecule has 2 heterocycles. The second kappa shape index (κ2) is 9.76. The molecule has 0 spiro atoms. The molecule has 3 aromatic rings. The SMILES string of the molecule is COc1ccc(NC(=O)CSc2nc(N)c(C#N)c(-c3c(=O)o[nH][n+]3C)c2C#N)c(OC)c1. The molecule has 0 atom stereocenters. The number of thioether (sulfide) groups is 1. The number of nitriles is 2. The normalized spacial score (nSPS) is 10.2. The van der Waals surface area contributed by atoms with E-state index in [4.69, 9.17) is 19.7 Å². The first-order valence-electron chi connectivity index (χ1n) is 9.20. The summed E-state index contributed by atoms with van der Waals surface area (Å²) in [5.74, 6) is 0.220. The van der Waals surface area contributed by atoms with Crippen LogP contribution in [0, 0.1) is 22.7 Å². The van der Waals surface area contributed by atoms with Crippen molar-refractivity contribution in [2.24, 2.45) is 7.05 Å². The molecular formula is C20H18N7O5S+. The number of amides is 1. The summed E-state index contributed by atoms with van der Waals surface area (Å²) in [5, 5.41) is 24.4. The molecule has 2 aromatic heterocycles. The fraction of sp³-hybridized carbons (Fsp3) is 0.200. The molecule has 0 aliphatic carbocycles. The van der Waals surface area contributed by atoms with Gasteiger partial charge in [0.05, 0.1) is 31.2 Å². The molecule has 0 fully saturated rings. The third-order valence-corrected chi connectivity index (χ3v) is 5.45. The molecule has 0 aliphatic heterocycles. The fourth-order valence-corrected chi connectivity index (χ4v) is 3.77. The van der Waals surface area contributed by atoms with Crippen molar-refractivity contribution in [3.8, 4) is 34.9 Å². The van der Waals surface area contributed by atoms with Gasteiger partial charge in [0, 0.05) is 6.07 Å². The maximum Gasteiger partial charge on any atom is 0.435 e. The van der Waals surface area contributed by atoms with E-state index in [0.717, 1.165) is 11.8 Å². The lowest BCUT2D eigenvalue weighted by atomic mass is 10.0. The number of hydrogen-bond acceptors (Lipinski definition) is 10. The molecule has 33 heavy (non-hydrogen) atoms. The van der Waals surface area contributed by atoms with Crippen molar-refractivity contribution < 1.29 is 23.5 Å². The van der Waals surface area contributed by atoms with Crippen LogP contribution < -0.4 is 30.8 Å². The summed E-state index contributed by atoms with van der Waals surface area (Å²) in [4.78, 5) is 28.8. The van der Waals surface area contributed by atoms with Gasteiger partial charge in [0.1, 0.15) is 45.6 Å². The van der Waals surface area contributed by atoms with E-state index in [1.165, 1.54) is 25.9 Å². The van der Waals surface area contributed by atoms with Gasteiger partial charge in [-0.05, 0) is 17.4 Å². The highest BCUT2D eigenvalue weighted by Crippen LogP contribution is 2.34. The molecule has 12 nitrogen and oxygen atoms in total. The quantitative estimate of drug-likeness (QED) is 0.333. The molecule has 4 N–H and O–H groups in total. The van der Waals surface area contributed by atoms with Crippen LogP contribution in [-0.2, 0) is 11.8 Å². The molecule has 3 rings (SSSR count). The van der Waals surface area contributed by atoms with Gasteiger partial charge in [0.15, 0.2) is 7.05 Å². The maximum atomic E-state index is 12.6. The third-order valence-electron chi connectivity index (χ3n) is 4.48. The van der Waals surface area contributed by atoms with Crippen LogP contribution in [0.1, 0.15) is 11.1 Å². The van der Waals surface area contributed by atoms with E-state index in [2.05, 4.69) is 15.6 Å². The van der Waals surface area contributed by atoms with Crippen molar-refractivity contribution in [2.45, 2.75) is 5.03 Å². The number of nitrogens with one attached hydrogen (secondary N) is 2. The summed E-state index contributed by atoms with van der Waals surface area (Å²) >= 11 is 0.924. The lowest BCUT2D eigenvalue weighted by Crippen LogP contribution is -2.34. The third kappa shape index (κ3) is 4.58. The Labute approximate surface area is 191 Å². The highest BCUT2D eigenvalue weighted by molar-refractivity contribution is 8.00. The van der Waals surface area contributed by atoms with Crippen LogP contribution >= 0.6 is 11.8 Å². The Morgan fingerprint density at radius 3 is 2.61 bits per heavy atom. The standard InChI is InChI=1S/C20H17N7O5S/c1-27-17(20(29)32-26-27)16-11(7-21)18(23)25-19(12(16)8-22)33-9-15(28)24-13-5-4-10(30-2)6-14(13)31-3/h4-6H,9H2,1-3H3,(H3-,23,24,25,26,28,29)/p+1. The highest BCUT2D eigenvalue weighted by Gasteiger charge is 2.31. The first-order chi connectivity index (χ1) is 15.8. The molecule has 0 saturated heterocycles. The Bertz CT molecular complexity index is 1370. The van der Waals surface area contributed by atoms with Crippen molar-refractivity contribution in [1.29, 1.82) is 10.5 Å². The number of aromatic nitrogens is 3. The Balaban J connectivity index is 1.93. The van der Waals surface area contributed by atoms with Gasteiger partial charge in [-0.25, -0.2) is 9.78 Å². The number of aryl methyl sites for hydroxylation is 1. The number of ether oxygens (including phenoxy) is 2. The number of nitrogen functional groups attached to an aromatic ring is 1. The Morgan fingerprint density at radius 1 is 1.30 bits per heavy atom. The summed E-state index contributed by atoms with van der Waals surface area (Å²) < 4.78 is 16.4. The number of nitrogens with two attached hydrogens (primary N) is 1. The average Bonchev–Trinajstić information content (AvgIpc) is 3.14. The second-order valence-electron chi connectivity index (χ2n) is 6.44. The molecular weight excluding hydrogens is 450 g/mol. The van der Waals surface area contributed by atoms with Crippen LogP contribution in [0.25, 0.3) is 11.3 Å². The number of H-pyrrole nitrogens is 1. The van der Waals surface area contributed by atoms with E-state index >= 15 is 0 Å². The number of benzene rings is 1. The lowest BCUT2D eigenvalue weighted by molar-refractivity contribution is -0.730. The fourth-order valence-electron chi connectivity index (χ4n) is 2.97. The minimum absolute atomic E-state index is 0.0234. The molecule has 1 aromatic carbocycles. The van der Waals surface area contributed by atoms with E-state index in [0.29, 0.717) is 17.2 Å². The smallest absolute Gasteiger partial charge is 0.435 e. The zero-order chi connectivity index (χ0) is 24.1. The van der Waals surface area contributed by atoms with Gasteiger partial charge in [-0.2, -0.15) is 10.5 Å². The molecule has 0 unspecified atom stereocenters. The van der Waals surface area contributed by atoms with Gasteiger partial charge in [0.2, 0.25) is 5.91 Å². The van der Waals surface area contributed by atoms with Crippen LogP contribution in [0.3, 0.4) is 0 Å². The van der Waals surface area contributed by atoms with Crippen LogP contribution in [0.5, 0.6) is 11.5 Å². The first kappa shape index (κ1) is 23.2. The maximum absolute atomic E-state index is 12.6. The van der Waals surface area contributed by atoms with Crippen LogP contribution in [0.15, 0.2) is 32.5 Å². The number of pyridine rings is 1. The van der Waals surface area contributed by atoms with Gasteiger partial charge in [-0.15, -0.1) is 0 Å². The molecule has 13 heteroatoms. The van der Waals surface area contributed by atoms with E-state index < -0.39 is 11.5 Å². The Kier molecular flexibility index (Phi) is 6.85. The van der Waals surface area contributed by atoms with Crippen LogP contribution in [-0.4, -0.2) is 36.1 Å². The van der Waals surface area contributed by atoms with E-state index in [-0.39, 0.29) is 39.0 Å². The number of hydrogen-bond donors (Lipinski definition) is 3. The summed E-state index contributed by atoms with van der Waals surface area (Å²) in [5.41, 5.74) is 5.22. The van der Waals surface area contributed by atoms with E-state index in [1.54, 1.807) is 18.2 Å². The summed E-state index contributed by atoms with van der Waals surface area (Å²) in [6.07, 6.45) is 0.